The molecule has 0 aliphatic carbocycles. The molecule has 148 valence electrons. The summed E-state index contributed by atoms with van der Waals surface area (Å²) in [7, 11) is 2.90. The fraction of sp³-hybridized carbons (Fsp3) is 0.333. The molecular weight excluding hydrogens is 364 g/mol. The summed E-state index contributed by atoms with van der Waals surface area (Å²) in [5, 5.41) is 9.68. The average molecular weight is 386 g/mol. The Kier molecular flexibility index (Phi) is 6.28. The molecule has 2 aromatic carbocycles. The number of rotatable bonds is 7. The van der Waals surface area contributed by atoms with Crippen LogP contribution in [-0.4, -0.2) is 44.5 Å². The molecule has 0 bridgehead atoms. The second kappa shape index (κ2) is 8.86. The number of hydrogen-bond acceptors (Lipinski definition) is 6. The van der Waals surface area contributed by atoms with Crippen LogP contribution in [0.5, 0.6) is 11.5 Å². The first-order valence-corrected chi connectivity index (χ1v) is 8.87. The topological polar surface area (TPSA) is 91.3 Å². The zero-order chi connectivity index (χ0) is 20.1. The van der Waals surface area contributed by atoms with Crippen LogP contribution in [0.1, 0.15) is 44.2 Å². The van der Waals surface area contributed by atoms with Crippen LogP contribution in [0.25, 0.3) is 0 Å². The average Bonchev–Trinajstić information content (AvgIpc) is 3.23. The molecule has 1 saturated heterocycles. The standard InChI is InChI=1S/C21H22O7/c1-25-12-16-15(20(22)23)10-17(26-2)19(18(16)14-8-9-27-11-14)28-21(24)13-6-4-3-5-7-13/h3-7,10,14H,8-9,11-12H2,1-2H3,(H,22,23). The van der Waals surface area contributed by atoms with E-state index in [1.54, 1.807) is 30.3 Å². The minimum absolute atomic E-state index is 0.0557. The maximum absolute atomic E-state index is 12.7. The molecule has 0 spiro atoms. The van der Waals surface area contributed by atoms with Gasteiger partial charge in [-0.2, -0.15) is 0 Å². The lowest BCUT2D eigenvalue weighted by Gasteiger charge is -2.22. The van der Waals surface area contributed by atoms with E-state index in [2.05, 4.69) is 0 Å². The fourth-order valence-electron chi connectivity index (χ4n) is 3.37. The second-order valence-corrected chi connectivity index (χ2v) is 6.40. The van der Waals surface area contributed by atoms with Crippen LogP contribution in [0.3, 0.4) is 0 Å². The third-order valence-electron chi connectivity index (χ3n) is 4.68. The monoisotopic (exact) mass is 386 g/mol. The van der Waals surface area contributed by atoms with Crippen molar-refractivity contribution >= 4 is 11.9 Å². The zero-order valence-corrected chi connectivity index (χ0v) is 15.8. The first-order chi connectivity index (χ1) is 13.6. The van der Waals surface area contributed by atoms with Crippen LogP contribution in [0.2, 0.25) is 0 Å². The summed E-state index contributed by atoms with van der Waals surface area (Å²) in [5.41, 5.74) is 1.48. The highest BCUT2D eigenvalue weighted by Gasteiger charge is 2.32. The van der Waals surface area contributed by atoms with Gasteiger partial charge < -0.3 is 24.1 Å². The Morgan fingerprint density at radius 3 is 2.54 bits per heavy atom. The fourth-order valence-corrected chi connectivity index (χ4v) is 3.37. The highest BCUT2D eigenvalue weighted by molar-refractivity contribution is 5.94. The Morgan fingerprint density at radius 1 is 1.21 bits per heavy atom. The van der Waals surface area contributed by atoms with Gasteiger partial charge in [0.1, 0.15) is 0 Å². The molecule has 1 unspecified atom stereocenters. The summed E-state index contributed by atoms with van der Waals surface area (Å²) in [6, 6.07) is 9.94. The Labute approximate surface area is 162 Å². The van der Waals surface area contributed by atoms with Gasteiger partial charge in [-0.25, -0.2) is 9.59 Å². The summed E-state index contributed by atoms with van der Waals surface area (Å²) >= 11 is 0. The number of carbonyl (C=O) groups excluding carboxylic acids is 1. The largest absolute Gasteiger partial charge is 0.493 e. The van der Waals surface area contributed by atoms with Crippen molar-refractivity contribution in [3.8, 4) is 11.5 Å². The molecule has 3 rings (SSSR count). The number of ether oxygens (including phenoxy) is 4. The molecule has 7 nitrogen and oxygen atoms in total. The smallest absolute Gasteiger partial charge is 0.343 e. The third kappa shape index (κ3) is 4.00. The van der Waals surface area contributed by atoms with Gasteiger partial charge in [0, 0.05) is 25.2 Å². The molecule has 2 aromatic rings. The molecule has 1 aliphatic rings. The van der Waals surface area contributed by atoms with Crippen LogP contribution < -0.4 is 9.47 Å². The van der Waals surface area contributed by atoms with E-state index in [4.69, 9.17) is 18.9 Å². The van der Waals surface area contributed by atoms with Gasteiger partial charge in [0.2, 0.25) is 0 Å². The van der Waals surface area contributed by atoms with Gasteiger partial charge in [-0.05, 0) is 30.2 Å². The van der Waals surface area contributed by atoms with E-state index < -0.39 is 11.9 Å². The Balaban J connectivity index is 2.16. The van der Waals surface area contributed by atoms with Crippen molar-refractivity contribution in [1.82, 2.24) is 0 Å². The summed E-state index contributed by atoms with van der Waals surface area (Å²) in [6.45, 7) is 1.01. The number of hydrogen-bond donors (Lipinski definition) is 1. The maximum atomic E-state index is 12.7. The molecule has 1 atom stereocenters. The molecule has 1 heterocycles. The number of aromatic carboxylic acids is 1. The van der Waals surface area contributed by atoms with E-state index in [9.17, 15) is 14.7 Å². The Hall–Kier alpha value is -2.90. The van der Waals surface area contributed by atoms with Gasteiger partial charge in [-0.3, -0.25) is 0 Å². The lowest BCUT2D eigenvalue weighted by molar-refractivity contribution is 0.0691. The van der Waals surface area contributed by atoms with Crippen LogP contribution in [0.15, 0.2) is 36.4 Å². The number of carboxylic acids is 1. The summed E-state index contributed by atoms with van der Waals surface area (Å²) < 4.78 is 21.8. The number of benzene rings is 2. The maximum Gasteiger partial charge on any atom is 0.343 e. The SMILES string of the molecule is COCc1c(C(=O)O)cc(OC)c(OC(=O)c2ccccc2)c1C1CCOC1. The van der Waals surface area contributed by atoms with E-state index in [0.29, 0.717) is 36.3 Å². The van der Waals surface area contributed by atoms with E-state index in [-0.39, 0.29) is 29.6 Å². The third-order valence-corrected chi connectivity index (χ3v) is 4.68. The Bertz CT molecular complexity index is 855. The minimum atomic E-state index is -1.11. The first-order valence-electron chi connectivity index (χ1n) is 8.87. The van der Waals surface area contributed by atoms with Crippen molar-refractivity contribution in [1.29, 1.82) is 0 Å². The van der Waals surface area contributed by atoms with Crippen molar-refractivity contribution in [2.24, 2.45) is 0 Å². The summed E-state index contributed by atoms with van der Waals surface area (Å²) in [4.78, 5) is 24.5. The second-order valence-electron chi connectivity index (χ2n) is 6.40. The molecule has 0 amide bonds. The van der Waals surface area contributed by atoms with Gasteiger partial charge in [-0.15, -0.1) is 0 Å². The summed E-state index contributed by atoms with van der Waals surface area (Å²) in [6.07, 6.45) is 0.679. The van der Waals surface area contributed by atoms with Gasteiger partial charge in [0.15, 0.2) is 11.5 Å². The highest BCUT2D eigenvalue weighted by Crippen LogP contribution is 2.43. The van der Waals surface area contributed by atoms with E-state index in [1.807, 2.05) is 0 Å². The molecule has 0 saturated carbocycles. The van der Waals surface area contributed by atoms with Crippen LogP contribution in [0, 0.1) is 0 Å². The summed E-state index contributed by atoms with van der Waals surface area (Å²) in [5.74, 6) is -1.39. The number of carboxylic acid groups (broad SMARTS) is 1. The number of esters is 1. The number of methoxy groups -OCH3 is 2. The first kappa shape index (κ1) is 19.9. The Morgan fingerprint density at radius 2 is 1.96 bits per heavy atom. The van der Waals surface area contributed by atoms with Crippen molar-refractivity contribution in [2.75, 3.05) is 27.4 Å². The van der Waals surface area contributed by atoms with Gasteiger partial charge >= 0.3 is 11.9 Å². The molecule has 1 N–H and O–H groups in total. The number of carbonyl (C=O) groups is 2. The van der Waals surface area contributed by atoms with Gasteiger partial charge in [-0.1, -0.05) is 18.2 Å². The van der Waals surface area contributed by atoms with E-state index >= 15 is 0 Å². The van der Waals surface area contributed by atoms with Crippen molar-refractivity contribution in [3.63, 3.8) is 0 Å². The lowest BCUT2D eigenvalue weighted by Crippen LogP contribution is -2.17. The lowest BCUT2D eigenvalue weighted by atomic mass is 9.89. The van der Waals surface area contributed by atoms with E-state index in [1.165, 1.54) is 20.3 Å². The van der Waals surface area contributed by atoms with Crippen LogP contribution >= 0.6 is 0 Å². The quantitative estimate of drug-likeness (QED) is 0.577. The minimum Gasteiger partial charge on any atom is -0.493 e. The van der Waals surface area contributed by atoms with Crippen molar-refractivity contribution < 1.29 is 33.6 Å². The molecular formula is C21H22O7. The zero-order valence-electron chi connectivity index (χ0n) is 15.8. The van der Waals surface area contributed by atoms with Crippen molar-refractivity contribution in [3.05, 3.63) is 58.7 Å². The van der Waals surface area contributed by atoms with Crippen molar-refractivity contribution in [2.45, 2.75) is 18.9 Å². The predicted octanol–water partition coefficient (Wildman–Crippen LogP) is 3.26. The van der Waals surface area contributed by atoms with Gasteiger partial charge in [0.05, 0.1) is 31.5 Å². The molecule has 7 heteroatoms. The molecule has 0 radical (unpaired) electrons. The highest BCUT2D eigenvalue weighted by atomic mass is 16.6. The van der Waals surface area contributed by atoms with E-state index in [0.717, 1.165) is 0 Å². The van der Waals surface area contributed by atoms with Gasteiger partial charge in [0.25, 0.3) is 0 Å². The molecule has 1 fully saturated rings. The molecule has 28 heavy (non-hydrogen) atoms. The normalized spacial score (nSPS) is 16.0. The molecule has 1 aliphatic heterocycles. The van der Waals surface area contributed by atoms with Crippen LogP contribution in [-0.2, 0) is 16.1 Å². The van der Waals surface area contributed by atoms with Crippen LogP contribution in [0.4, 0.5) is 0 Å². The predicted molar refractivity (Wildman–Crippen MR) is 100 cm³/mol. The molecule has 0 aromatic heterocycles.